The molecular formula is C28H34N2O4. The number of nitrogen functional groups attached to an aromatic ring is 2. The third-order valence-corrected chi connectivity index (χ3v) is 6.17. The molecule has 0 bridgehead atoms. The summed E-state index contributed by atoms with van der Waals surface area (Å²) in [7, 11) is 0. The number of nitrogens with two attached hydrogens (primary N) is 2. The van der Waals surface area contributed by atoms with Crippen molar-refractivity contribution in [2.24, 2.45) is 5.92 Å². The van der Waals surface area contributed by atoms with Crippen LogP contribution in [-0.4, -0.2) is 24.6 Å². The highest BCUT2D eigenvalue weighted by molar-refractivity contribution is 5.90. The minimum Gasteiger partial charge on any atom is -0.462 e. The van der Waals surface area contributed by atoms with Crippen molar-refractivity contribution in [2.45, 2.75) is 51.0 Å². The van der Waals surface area contributed by atoms with Crippen LogP contribution in [0.5, 0.6) is 0 Å². The standard InChI is InChI=1S/C28H34N2O4/c1-3-4-20-7-12-26(13-8-20)34-28(32)22-10-5-21(6-11-22)9-14-27(31)33-18-19(2)23-15-24(29)17-25(30)16-23/h3,5-6,9-11,14-17,19-20,26H,1,4,7-8,12-13,18,29-30H2,2H3/b14-9+. The maximum absolute atomic E-state index is 12.5. The Hall–Kier alpha value is -3.54. The van der Waals surface area contributed by atoms with E-state index in [-0.39, 0.29) is 24.6 Å². The summed E-state index contributed by atoms with van der Waals surface area (Å²) in [5, 5.41) is 0. The predicted molar refractivity (Wildman–Crippen MR) is 136 cm³/mol. The number of carbonyl (C=O) groups is 2. The topological polar surface area (TPSA) is 105 Å². The third kappa shape index (κ3) is 7.51. The van der Waals surface area contributed by atoms with E-state index in [9.17, 15) is 9.59 Å². The molecule has 34 heavy (non-hydrogen) atoms. The van der Waals surface area contributed by atoms with Gasteiger partial charge >= 0.3 is 11.9 Å². The van der Waals surface area contributed by atoms with Gasteiger partial charge in [-0.25, -0.2) is 9.59 Å². The van der Waals surface area contributed by atoms with E-state index in [2.05, 4.69) is 6.58 Å². The average molecular weight is 463 g/mol. The molecule has 3 rings (SSSR count). The lowest BCUT2D eigenvalue weighted by atomic mass is 9.85. The maximum Gasteiger partial charge on any atom is 0.338 e. The monoisotopic (exact) mass is 462 g/mol. The van der Waals surface area contributed by atoms with E-state index in [1.807, 2.05) is 25.1 Å². The van der Waals surface area contributed by atoms with Crippen molar-refractivity contribution in [2.75, 3.05) is 18.1 Å². The number of ether oxygens (including phenoxy) is 2. The Labute approximate surface area is 201 Å². The first-order chi connectivity index (χ1) is 16.3. The van der Waals surface area contributed by atoms with Crippen molar-refractivity contribution < 1.29 is 19.1 Å². The normalized spacial score (nSPS) is 18.9. The van der Waals surface area contributed by atoms with Gasteiger partial charge in [0.1, 0.15) is 6.10 Å². The lowest BCUT2D eigenvalue weighted by Gasteiger charge is -2.27. The van der Waals surface area contributed by atoms with Crippen LogP contribution in [0.4, 0.5) is 11.4 Å². The number of hydrogen-bond acceptors (Lipinski definition) is 6. The van der Waals surface area contributed by atoms with Crippen LogP contribution in [0.25, 0.3) is 6.08 Å². The number of hydrogen-bond donors (Lipinski definition) is 2. The molecule has 0 aliphatic heterocycles. The minimum atomic E-state index is -0.445. The van der Waals surface area contributed by atoms with Gasteiger partial charge in [-0.15, -0.1) is 6.58 Å². The molecule has 6 nitrogen and oxygen atoms in total. The first kappa shape index (κ1) is 25.1. The Morgan fingerprint density at radius 2 is 1.71 bits per heavy atom. The smallest absolute Gasteiger partial charge is 0.338 e. The average Bonchev–Trinajstić information content (AvgIpc) is 2.82. The Morgan fingerprint density at radius 3 is 2.32 bits per heavy atom. The van der Waals surface area contributed by atoms with Crippen LogP contribution in [0.2, 0.25) is 0 Å². The van der Waals surface area contributed by atoms with Gasteiger partial charge in [0.25, 0.3) is 0 Å². The number of rotatable bonds is 9. The molecule has 0 spiro atoms. The van der Waals surface area contributed by atoms with Gasteiger partial charge in [-0.05, 0) is 85.6 Å². The summed E-state index contributed by atoms with van der Waals surface area (Å²) in [6, 6.07) is 12.3. The van der Waals surface area contributed by atoms with Gasteiger partial charge in [-0.3, -0.25) is 0 Å². The van der Waals surface area contributed by atoms with Crippen LogP contribution >= 0.6 is 0 Å². The van der Waals surface area contributed by atoms with Crippen molar-refractivity contribution in [3.8, 4) is 0 Å². The number of benzene rings is 2. The summed E-state index contributed by atoms with van der Waals surface area (Å²) in [6.45, 7) is 5.96. The molecule has 1 saturated carbocycles. The van der Waals surface area contributed by atoms with Crippen LogP contribution < -0.4 is 11.5 Å². The Balaban J connectivity index is 1.45. The number of anilines is 2. The maximum atomic E-state index is 12.5. The zero-order chi connectivity index (χ0) is 24.5. The van der Waals surface area contributed by atoms with Crippen molar-refractivity contribution in [1.82, 2.24) is 0 Å². The van der Waals surface area contributed by atoms with E-state index in [4.69, 9.17) is 20.9 Å². The highest BCUT2D eigenvalue weighted by Crippen LogP contribution is 2.29. The third-order valence-electron chi connectivity index (χ3n) is 6.17. The summed E-state index contributed by atoms with van der Waals surface area (Å²) in [5.74, 6) is -0.132. The van der Waals surface area contributed by atoms with Gasteiger partial charge < -0.3 is 20.9 Å². The molecule has 0 heterocycles. The summed E-state index contributed by atoms with van der Waals surface area (Å²) < 4.78 is 11.0. The van der Waals surface area contributed by atoms with Gasteiger partial charge in [0.2, 0.25) is 0 Å². The summed E-state index contributed by atoms with van der Waals surface area (Å²) in [6.07, 6.45) is 9.93. The van der Waals surface area contributed by atoms with Crippen molar-refractivity contribution in [1.29, 1.82) is 0 Å². The van der Waals surface area contributed by atoms with E-state index in [0.29, 0.717) is 22.9 Å². The molecule has 1 unspecified atom stereocenters. The first-order valence-electron chi connectivity index (χ1n) is 11.8. The van der Waals surface area contributed by atoms with Crippen LogP contribution in [0.1, 0.15) is 66.4 Å². The number of allylic oxidation sites excluding steroid dienone is 1. The molecule has 180 valence electrons. The summed E-state index contributed by atoms with van der Waals surface area (Å²) in [5.41, 5.74) is 15.0. The fourth-order valence-corrected chi connectivity index (χ4v) is 4.17. The molecule has 0 saturated heterocycles. The van der Waals surface area contributed by atoms with E-state index in [1.54, 1.807) is 36.4 Å². The molecule has 1 aliphatic carbocycles. The van der Waals surface area contributed by atoms with Crippen LogP contribution in [0, 0.1) is 5.92 Å². The van der Waals surface area contributed by atoms with Crippen molar-refractivity contribution in [3.05, 3.63) is 77.9 Å². The SMILES string of the molecule is C=CCC1CCC(OC(=O)c2ccc(/C=C/C(=O)OCC(C)c3cc(N)cc(N)c3)cc2)CC1. The molecule has 0 radical (unpaired) electrons. The zero-order valence-corrected chi connectivity index (χ0v) is 19.7. The van der Waals surface area contributed by atoms with Crippen LogP contribution in [-0.2, 0) is 14.3 Å². The van der Waals surface area contributed by atoms with Gasteiger partial charge in [0.05, 0.1) is 12.2 Å². The molecule has 2 aromatic rings. The van der Waals surface area contributed by atoms with Crippen molar-refractivity contribution >= 4 is 29.4 Å². The van der Waals surface area contributed by atoms with E-state index in [1.165, 1.54) is 6.08 Å². The second kappa shape index (κ2) is 12.1. The second-order valence-electron chi connectivity index (χ2n) is 8.99. The minimum absolute atomic E-state index is 0.0194. The fourth-order valence-electron chi connectivity index (χ4n) is 4.17. The summed E-state index contributed by atoms with van der Waals surface area (Å²) in [4.78, 5) is 24.6. The van der Waals surface area contributed by atoms with E-state index in [0.717, 1.165) is 43.2 Å². The number of esters is 2. The van der Waals surface area contributed by atoms with Gasteiger partial charge in [-0.2, -0.15) is 0 Å². The quantitative estimate of drug-likeness (QED) is 0.221. The molecule has 1 atom stereocenters. The molecule has 6 heteroatoms. The largest absolute Gasteiger partial charge is 0.462 e. The molecule has 0 amide bonds. The predicted octanol–water partition coefficient (Wildman–Crippen LogP) is 5.50. The molecular weight excluding hydrogens is 428 g/mol. The van der Waals surface area contributed by atoms with Gasteiger partial charge in [-0.1, -0.05) is 25.1 Å². The zero-order valence-electron chi connectivity index (χ0n) is 19.7. The van der Waals surface area contributed by atoms with Gasteiger partial charge in [0, 0.05) is 23.4 Å². The van der Waals surface area contributed by atoms with E-state index >= 15 is 0 Å². The molecule has 4 N–H and O–H groups in total. The Morgan fingerprint density at radius 1 is 1.06 bits per heavy atom. The molecule has 2 aromatic carbocycles. The highest BCUT2D eigenvalue weighted by Gasteiger charge is 2.23. The highest BCUT2D eigenvalue weighted by atomic mass is 16.5. The first-order valence-corrected chi connectivity index (χ1v) is 11.8. The molecule has 0 aromatic heterocycles. The lowest BCUT2D eigenvalue weighted by Crippen LogP contribution is -2.24. The molecule has 1 fully saturated rings. The Kier molecular flexibility index (Phi) is 8.91. The van der Waals surface area contributed by atoms with Crippen LogP contribution in [0.3, 0.4) is 0 Å². The fraction of sp³-hybridized carbons (Fsp3) is 0.357. The van der Waals surface area contributed by atoms with Crippen molar-refractivity contribution in [3.63, 3.8) is 0 Å². The second-order valence-corrected chi connectivity index (χ2v) is 8.99. The Bertz CT molecular complexity index is 1000. The molecule has 1 aliphatic rings. The van der Waals surface area contributed by atoms with Crippen LogP contribution in [0.15, 0.2) is 61.2 Å². The number of carbonyl (C=O) groups excluding carboxylic acids is 2. The van der Waals surface area contributed by atoms with E-state index < -0.39 is 5.97 Å². The lowest BCUT2D eigenvalue weighted by molar-refractivity contribution is -0.138. The van der Waals surface area contributed by atoms with Gasteiger partial charge in [0.15, 0.2) is 0 Å². The summed E-state index contributed by atoms with van der Waals surface area (Å²) >= 11 is 0.